The molecule has 110 valence electrons. The van der Waals surface area contributed by atoms with Crippen LogP contribution in [0, 0.1) is 0 Å². The molecule has 1 aromatic heterocycles. The lowest BCUT2D eigenvalue weighted by molar-refractivity contribution is 0.0919. The van der Waals surface area contributed by atoms with E-state index in [1.165, 1.54) is 11.3 Å². The molecule has 20 heavy (non-hydrogen) atoms. The summed E-state index contributed by atoms with van der Waals surface area (Å²) in [6, 6.07) is 3.88. The van der Waals surface area contributed by atoms with Gasteiger partial charge in [-0.2, -0.15) is 0 Å². The van der Waals surface area contributed by atoms with Crippen LogP contribution in [0.2, 0.25) is 0 Å². The van der Waals surface area contributed by atoms with E-state index in [2.05, 4.69) is 31.3 Å². The molecule has 1 aliphatic rings. The molecule has 6 nitrogen and oxygen atoms in total. The third-order valence-electron chi connectivity index (χ3n) is 3.23. The van der Waals surface area contributed by atoms with Crippen LogP contribution in [-0.4, -0.2) is 47.5 Å². The SMILES string of the molecule is NC(CN1CCC(NC(=O)c2ccc(Br)s2)CC1)=NO. The Kier molecular flexibility index (Phi) is 5.38. The first kappa shape index (κ1) is 15.3. The molecule has 0 bridgehead atoms. The zero-order valence-corrected chi connectivity index (χ0v) is 13.3. The first-order chi connectivity index (χ1) is 9.58. The van der Waals surface area contributed by atoms with Crippen molar-refractivity contribution in [2.75, 3.05) is 19.6 Å². The molecule has 0 atom stereocenters. The van der Waals surface area contributed by atoms with Crippen LogP contribution in [0.5, 0.6) is 0 Å². The average Bonchev–Trinajstić information content (AvgIpc) is 2.87. The molecule has 0 aromatic carbocycles. The van der Waals surface area contributed by atoms with Gasteiger partial charge in [-0.15, -0.1) is 11.3 Å². The topological polar surface area (TPSA) is 91.0 Å². The van der Waals surface area contributed by atoms with Crippen LogP contribution >= 0.6 is 27.3 Å². The summed E-state index contributed by atoms with van der Waals surface area (Å²) in [7, 11) is 0. The number of likely N-dealkylation sites (tertiary alicyclic amines) is 1. The molecule has 0 radical (unpaired) electrons. The summed E-state index contributed by atoms with van der Waals surface area (Å²) >= 11 is 4.78. The number of piperidine rings is 1. The van der Waals surface area contributed by atoms with E-state index in [4.69, 9.17) is 10.9 Å². The minimum Gasteiger partial charge on any atom is -0.409 e. The van der Waals surface area contributed by atoms with E-state index in [-0.39, 0.29) is 17.8 Å². The van der Waals surface area contributed by atoms with Gasteiger partial charge in [0, 0.05) is 19.1 Å². The number of nitrogens with one attached hydrogen (secondary N) is 1. The highest BCUT2D eigenvalue weighted by Gasteiger charge is 2.22. The fourth-order valence-electron chi connectivity index (χ4n) is 2.19. The second-order valence-corrected chi connectivity index (χ2v) is 7.18. The van der Waals surface area contributed by atoms with Crippen molar-refractivity contribution in [1.29, 1.82) is 0 Å². The average molecular weight is 361 g/mol. The van der Waals surface area contributed by atoms with Gasteiger partial charge in [0.25, 0.3) is 5.91 Å². The van der Waals surface area contributed by atoms with Crippen LogP contribution in [-0.2, 0) is 0 Å². The summed E-state index contributed by atoms with van der Waals surface area (Å²) in [6.07, 6.45) is 1.74. The third-order valence-corrected chi connectivity index (χ3v) is 4.86. The Morgan fingerprint density at radius 2 is 2.25 bits per heavy atom. The van der Waals surface area contributed by atoms with Crippen molar-refractivity contribution < 1.29 is 10.0 Å². The molecule has 1 saturated heterocycles. The molecule has 0 spiro atoms. The summed E-state index contributed by atoms with van der Waals surface area (Å²) in [5, 5.41) is 14.6. The maximum atomic E-state index is 12.0. The Hall–Kier alpha value is -1.12. The van der Waals surface area contributed by atoms with Gasteiger partial charge >= 0.3 is 0 Å². The van der Waals surface area contributed by atoms with Crippen molar-refractivity contribution >= 4 is 39.0 Å². The van der Waals surface area contributed by atoms with Crippen molar-refractivity contribution in [2.24, 2.45) is 10.9 Å². The van der Waals surface area contributed by atoms with Crippen molar-refractivity contribution in [1.82, 2.24) is 10.2 Å². The van der Waals surface area contributed by atoms with Crippen LogP contribution in [0.15, 0.2) is 21.1 Å². The van der Waals surface area contributed by atoms with Gasteiger partial charge in [0.2, 0.25) is 0 Å². The van der Waals surface area contributed by atoms with Gasteiger partial charge in [0.1, 0.15) is 0 Å². The fourth-order valence-corrected chi connectivity index (χ4v) is 3.48. The predicted molar refractivity (Wildman–Crippen MR) is 82.4 cm³/mol. The molecule has 2 rings (SSSR count). The van der Waals surface area contributed by atoms with Crippen LogP contribution in [0.3, 0.4) is 0 Å². The summed E-state index contributed by atoms with van der Waals surface area (Å²) < 4.78 is 0.955. The van der Waals surface area contributed by atoms with Crippen molar-refractivity contribution in [2.45, 2.75) is 18.9 Å². The van der Waals surface area contributed by atoms with Crippen molar-refractivity contribution in [3.63, 3.8) is 0 Å². The monoisotopic (exact) mass is 360 g/mol. The van der Waals surface area contributed by atoms with E-state index in [0.29, 0.717) is 6.54 Å². The molecule has 1 aliphatic heterocycles. The Labute approximate surface area is 129 Å². The lowest BCUT2D eigenvalue weighted by Gasteiger charge is -2.31. The summed E-state index contributed by atoms with van der Waals surface area (Å²) in [4.78, 5) is 14.9. The number of amides is 1. The second kappa shape index (κ2) is 7.05. The number of amidine groups is 1. The van der Waals surface area contributed by atoms with Crippen molar-refractivity contribution in [3.8, 4) is 0 Å². The molecule has 0 unspecified atom stereocenters. The molecule has 4 N–H and O–H groups in total. The summed E-state index contributed by atoms with van der Waals surface area (Å²) in [5.41, 5.74) is 5.48. The van der Waals surface area contributed by atoms with Crippen LogP contribution in [0.1, 0.15) is 22.5 Å². The van der Waals surface area contributed by atoms with E-state index in [1.807, 2.05) is 12.1 Å². The highest BCUT2D eigenvalue weighted by molar-refractivity contribution is 9.11. The number of nitrogens with two attached hydrogens (primary N) is 1. The number of carbonyl (C=O) groups is 1. The number of halogens is 1. The van der Waals surface area contributed by atoms with Crippen LogP contribution in [0.25, 0.3) is 0 Å². The normalized spacial score (nSPS) is 18.1. The molecular weight excluding hydrogens is 344 g/mol. The molecule has 1 amide bonds. The number of hydrogen-bond acceptors (Lipinski definition) is 5. The number of rotatable bonds is 4. The lowest BCUT2D eigenvalue weighted by atomic mass is 10.0. The molecule has 0 aliphatic carbocycles. The lowest BCUT2D eigenvalue weighted by Crippen LogP contribution is -2.46. The minimum absolute atomic E-state index is 0.0180. The number of nitrogens with zero attached hydrogens (tertiary/aromatic N) is 2. The fraction of sp³-hybridized carbons (Fsp3) is 0.500. The second-order valence-electron chi connectivity index (χ2n) is 4.72. The maximum absolute atomic E-state index is 12.0. The summed E-state index contributed by atoms with van der Waals surface area (Å²) in [6.45, 7) is 2.12. The number of hydrogen-bond donors (Lipinski definition) is 3. The number of thiophene rings is 1. The molecule has 2 heterocycles. The van der Waals surface area contributed by atoms with Gasteiger partial charge in [-0.3, -0.25) is 9.69 Å². The van der Waals surface area contributed by atoms with Crippen molar-refractivity contribution in [3.05, 3.63) is 20.8 Å². The Balaban J connectivity index is 1.78. The van der Waals surface area contributed by atoms with Gasteiger partial charge in [-0.1, -0.05) is 5.16 Å². The zero-order valence-electron chi connectivity index (χ0n) is 10.9. The van der Waals surface area contributed by atoms with Gasteiger partial charge in [0.15, 0.2) is 5.84 Å². The standard InChI is InChI=1S/C12H17BrN4O2S/c13-10-2-1-9(20-10)12(18)15-8-3-5-17(6-4-8)7-11(14)16-19/h1-2,8,19H,3-7H2,(H2,14,16)(H,15,18). The minimum atomic E-state index is -0.0180. The van der Waals surface area contributed by atoms with E-state index in [9.17, 15) is 4.79 Å². The molecule has 0 saturated carbocycles. The van der Waals surface area contributed by atoms with Crippen LogP contribution in [0.4, 0.5) is 0 Å². The first-order valence-electron chi connectivity index (χ1n) is 6.33. The Bertz CT molecular complexity index is 497. The maximum Gasteiger partial charge on any atom is 0.261 e. The molecule has 1 aromatic rings. The zero-order chi connectivity index (χ0) is 14.5. The molecular formula is C12H17BrN4O2S. The molecule has 8 heteroatoms. The summed E-state index contributed by atoms with van der Waals surface area (Å²) in [5.74, 6) is 0.200. The first-order valence-corrected chi connectivity index (χ1v) is 7.94. The highest BCUT2D eigenvalue weighted by atomic mass is 79.9. The van der Waals surface area contributed by atoms with E-state index in [0.717, 1.165) is 34.6 Å². The number of oxime groups is 1. The van der Waals surface area contributed by atoms with E-state index >= 15 is 0 Å². The number of carbonyl (C=O) groups excluding carboxylic acids is 1. The third kappa shape index (κ3) is 4.19. The Morgan fingerprint density at radius 1 is 1.55 bits per heavy atom. The van der Waals surface area contributed by atoms with Gasteiger partial charge in [0.05, 0.1) is 15.2 Å². The molecule has 1 fully saturated rings. The van der Waals surface area contributed by atoms with Gasteiger partial charge in [-0.05, 0) is 40.9 Å². The van der Waals surface area contributed by atoms with Gasteiger partial charge in [-0.25, -0.2) is 0 Å². The van der Waals surface area contributed by atoms with Gasteiger partial charge < -0.3 is 16.3 Å². The smallest absolute Gasteiger partial charge is 0.261 e. The Morgan fingerprint density at radius 3 is 2.80 bits per heavy atom. The van der Waals surface area contributed by atoms with E-state index < -0.39 is 0 Å². The largest absolute Gasteiger partial charge is 0.409 e. The highest BCUT2D eigenvalue weighted by Crippen LogP contribution is 2.22. The van der Waals surface area contributed by atoms with E-state index in [1.54, 1.807) is 0 Å². The predicted octanol–water partition coefficient (Wildman–Crippen LogP) is 1.45. The van der Waals surface area contributed by atoms with Crippen LogP contribution < -0.4 is 11.1 Å². The quantitative estimate of drug-likeness (QED) is 0.328.